The zero-order chi connectivity index (χ0) is 14.0. The van der Waals surface area contributed by atoms with E-state index in [0.29, 0.717) is 0 Å². The third kappa shape index (κ3) is 2.89. The summed E-state index contributed by atoms with van der Waals surface area (Å²) in [6, 6.07) is 3.20. The molecule has 0 bridgehead atoms. The number of carboxylic acid groups (broad SMARTS) is 1. The minimum atomic E-state index is -0.975. The van der Waals surface area contributed by atoms with Gasteiger partial charge in [0.15, 0.2) is 0 Å². The maximum Gasteiger partial charge on any atom is 0.325 e. The van der Waals surface area contributed by atoms with Crippen molar-refractivity contribution in [1.82, 2.24) is 0 Å². The molecule has 4 heteroatoms. The van der Waals surface area contributed by atoms with Crippen molar-refractivity contribution < 1.29 is 9.90 Å². The highest BCUT2D eigenvalue weighted by atomic mass is 16.4. The molecule has 19 heavy (non-hydrogen) atoms. The topological polar surface area (TPSA) is 66.6 Å². The molecule has 0 spiro atoms. The molecule has 4 nitrogen and oxygen atoms in total. The largest absolute Gasteiger partial charge is 0.480 e. The first-order chi connectivity index (χ1) is 9.00. The summed E-state index contributed by atoms with van der Waals surface area (Å²) in [4.78, 5) is 13.4. The number of aliphatic carboxylic acids is 1. The van der Waals surface area contributed by atoms with Crippen molar-refractivity contribution in [3.63, 3.8) is 0 Å². The van der Waals surface area contributed by atoms with Crippen molar-refractivity contribution in [2.75, 3.05) is 18.0 Å². The van der Waals surface area contributed by atoms with Crippen molar-refractivity contribution in [1.29, 1.82) is 0 Å². The van der Waals surface area contributed by atoms with Crippen molar-refractivity contribution in [2.45, 2.75) is 39.2 Å². The minimum absolute atomic E-state index is 0.744. The van der Waals surface area contributed by atoms with E-state index in [-0.39, 0.29) is 0 Å². The molecular formula is C15H22N2O2. The van der Waals surface area contributed by atoms with Crippen LogP contribution in [0, 0.1) is 13.8 Å². The van der Waals surface area contributed by atoms with Gasteiger partial charge in [-0.2, -0.15) is 0 Å². The molecule has 1 aromatic carbocycles. The van der Waals surface area contributed by atoms with Crippen LogP contribution in [0.15, 0.2) is 12.1 Å². The molecule has 1 aromatic rings. The molecule has 1 saturated heterocycles. The lowest BCUT2D eigenvalue weighted by atomic mass is 9.95. The van der Waals surface area contributed by atoms with E-state index >= 15 is 0 Å². The molecule has 0 aromatic heterocycles. The van der Waals surface area contributed by atoms with Crippen LogP contribution in [0.25, 0.3) is 0 Å². The number of rotatable bonds is 3. The Morgan fingerprint density at radius 2 is 1.74 bits per heavy atom. The van der Waals surface area contributed by atoms with Gasteiger partial charge in [-0.3, -0.25) is 4.79 Å². The lowest BCUT2D eigenvalue weighted by Gasteiger charge is -2.30. The maximum absolute atomic E-state index is 11.1. The third-order valence-electron chi connectivity index (χ3n) is 3.88. The Bertz CT molecular complexity index is 456. The summed E-state index contributed by atoms with van der Waals surface area (Å²) >= 11 is 0. The van der Waals surface area contributed by atoms with Crippen LogP contribution in [0.4, 0.5) is 5.69 Å². The van der Waals surface area contributed by atoms with Gasteiger partial charge in [0, 0.05) is 18.8 Å². The zero-order valence-corrected chi connectivity index (χ0v) is 11.6. The second-order valence-electron chi connectivity index (χ2n) is 5.36. The van der Waals surface area contributed by atoms with Gasteiger partial charge in [0.2, 0.25) is 0 Å². The summed E-state index contributed by atoms with van der Waals surface area (Å²) in [7, 11) is 0. The average molecular weight is 262 g/mol. The van der Waals surface area contributed by atoms with Crippen LogP contribution >= 0.6 is 0 Å². The molecule has 104 valence electrons. The quantitative estimate of drug-likeness (QED) is 0.877. The van der Waals surface area contributed by atoms with Crippen molar-refractivity contribution >= 4 is 11.7 Å². The zero-order valence-electron chi connectivity index (χ0n) is 11.6. The summed E-state index contributed by atoms with van der Waals surface area (Å²) in [6.07, 6.45) is 3.76. The molecule has 3 N–H and O–H groups in total. The van der Waals surface area contributed by atoms with Gasteiger partial charge < -0.3 is 15.7 Å². The van der Waals surface area contributed by atoms with E-state index in [0.717, 1.165) is 29.8 Å². The van der Waals surface area contributed by atoms with Crippen LogP contribution in [-0.4, -0.2) is 24.2 Å². The Kier molecular flexibility index (Phi) is 4.10. The van der Waals surface area contributed by atoms with E-state index in [4.69, 9.17) is 10.8 Å². The Labute approximate surface area is 114 Å². The van der Waals surface area contributed by atoms with Crippen molar-refractivity contribution in [2.24, 2.45) is 5.73 Å². The highest BCUT2D eigenvalue weighted by molar-refractivity contribution is 5.77. The number of carboxylic acids is 1. The highest BCUT2D eigenvalue weighted by Gasteiger charge is 2.20. The van der Waals surface area contributed by atoms with E-state index in [9.17, 15) is 4.79 Å². The second-order valence-corrected chi connectivity index (χ2v) is 5.36. The second kappa shape index (κ2) is 5.61. The molecule has 0 unspecified atom stereocenters. The van der Waals surface area contributed by atoms with Gasteiger partial charge in [0.25, 0.3) is 0 Å². The van der Waals surface area contributed by atoms with Crippen LogP contribution in [0.2, 0.25) is 0 Å². The maximum atomic E-state index is 11.1. The molecule has 1 atom stereocenters. The van der Waals surface area contributed by atoms with Gasteiger partial charge in [0.1, 0.15) is 6.04 Å². The molecular weight excluding hydrogens is 240 g/mol. The number of nitrogens with two attached hydrogens (primary N) is 1. The summed E-state index contributed by atoms with van der Waals surface area (Å²) in [6.45, 7) is 6.06. The standard InChI is InChI=1S/C15H22N2O2/c1-10-8-12(17-6-4-3-5-7-17)9-11(2)13(10)14(16)15(18)19/h8-9,14H,3-7,16H2,1-2H3,(H,18,19)/t14-/m0/s1. The van der Waals surface area contributed by atoms with Gasteiger partial charge in [-0.15, -0.1) is 0 Å². The van der Waals surface area contributed by atoms with E-state index in [1.165, 1.54) is 24.9 Å². The molecule has 0 aliphatic carbocycles. The minimum Gasteiger partial charge on any atom is -0.480 e. The number of benzene rings is 1. The molecule has 1 aliphatic rings. The van der Waals surface area contributed by atoms with E-state index < -0.39 is 12.0 Å². The van der Waals surface area contributed by atoms with E-state index in [2.05, 4.69) is 17.0 Å². The Morgan fingerprint density at radius 1 is 1.21 bits per heavy atom. The molecule has 1 heterocycles. The van der Waals surface area contributed by atoms with Gasteiger partial charge >= 0.3 is 5.97 Å². The van der Waals surface area contributed by atoms with Crippen LogP contribution in [-0.2, 0) is 4.79 Å². The van der Waals surface area contributed by atoms with Gasteiger partial charge in [-0.05, 0) is 61.9 Å². The number of piperidine rings is 1. The fraction of sp³-hybridized carbons (Fsp3) is 0.533. The molecule has 1 fully saturated rings. The number of hydrogen-bond donors (Lipinski definition) is 2. The van der Waals surface area contributed by atoms with E-state index in [1.54, 1.807) is 0 Å². The van der Waals surface area contributed by atoms with Gasteiger partial charge in [-0.1, -0.05) is 0 Å². The van der Waals surface area contributed by atoms with Crippen LogP contribution in [0.5, 0.6) is 0 Å². The van der Waals surface area contributed by atoms with E-state index in [1.807, 2.05) is 13.8 Å². The number of aryl methyl sites for hydroxylation is 2. The third-order valence-corrected chi connectivity index (χ3v) is 3.88. The lowest BCUT2D eigenvalue weighted by molar-refractivity contribution is -0.138. The fourth-order valence-electron chi connectivity index (χ4n) is 2.90. The highest BCUT2D eigenvalue weighted by Crippen LogP contribution is 2.28. The summed E-state index contributed by atoms with van der Waals surface area (Å²) in [5.41, 5.74) is 9.63. The van der Waals surface area contributed by atoms with Crippen LogP contribution < -0.4 is 10.6 Å². The summed E-state index contributed by atoms with van der Waals surface area (Å²) in [5, 5.41) is 9.07. The molecule has 0 radical (unpaired) electrons. The fourth-order valence-corrected chi connectivity index (χ4v) is 2.90. The van der Waals surface area contributed by atoms with Crippen LogP contribution in [0.1, 0.15) is 42.0 Å². The molecule has 0 amide bonds. The van der Waals surface area contributed by atoms with Crippen molar-refractivity contribution in [3.05, 3.63) is 28.8 Å². The number of carbonyl (C=O) groups is 1. The Balaban J connectivity index is 2.33. The first-order valence-electron chi connectivity index (χ1n) is 6.85. The monoisotopic (exact) mass is 262 g/mol. The Hall–Kier alpha value is -1.55. The molecule has 1 aliphatic heterocycles. The van der Waals surface area contributed by atoms with Gasteiger partial charge in [0.05, 0.1) is 0 Å². The first kappa shape index (κ1) is 13.9. The number of hydrogen-bond acceptors (Lipinski definition) is 3. The Morgan fingerprint density at radius 3 is 2.21 bits per heavy atom. The predicted octanol–water partition coefficient (Wildman–Crippen LogP) is 2.38. The first-order valence-corrected chi connectivity index (χ1v) is 6.85. The van der Waals surface area contributed by atoms with Crippen molar-refractivity contribution in [3.8, 4) is 0 Å². The smallest absolute Gasteiger partial charge is 0.325 e. The average Bonchev–Trinajstić information content (AvgIpc) is 2.38. The SMILES string of the molecule is Cc1cc(N2CCCCC2)cc(C)c1[C@H](N)C(=O)O. The lowest BCUT2D eigenvalue weighted by Crippen LogP contribution is -2.30. The predicted molar refractivity (Wildman–Crippen MR) is 76.5 cm³/mol. The number of nitrogens with zero attached hydrogens (tertiary/aromatic N) is 1. The molecule has 2 rings (SSSR count). The molecule has 0 saturated carbocycles. The van der Waals surface area contributed by atoms with Crippen LogP contribution in [0.3, 0.4) is 0 Å². The summed E-state index contributed by atoms with van der Waals surface area (Å²) in [5.74, 6) is -0.975. The number of anilines is 1. The normalized spacial score (nSPS) is 17.3. The van der Waals surface area contributed by atoms with Gasteiger partial charge in [-0.25, -0.2) is 0 Å². The summed E-state index contributed by atoms with van der Waals surface area (Å²) < 4.78 is 0.